The summed E-state index contributed by atoms with van der Waals surface area (Å²) in [5.74, 6) is 0.216. The Morgan fingerprint density at radius 1 is 1.00 bits per heavy atom. The molecule has 0 aromatic heterocycles. The van der Waals surface area contributed by atoms with Crippen molar-refractivity contribution < 1.29 is 14.6 Å². The molecule has 1 N–H and O–H groups in total. The molecule has 1 heterocycles. The first-order valence-corrected chi connectivity index (χ1v) is 11.2. The van der Waals surface area contributed by atoms with Crippen LogP contribution in [0.1, 0.15) is 23.6 Å². The van der Waals surface area contributed by atoms with E-state index in [0.29, 0.717) is 28.0 Å². The fourth-order valence-corrected chi connectivity index (χ4v) is 4.26. The summed E-state index contributed by atoms with van der Waals surface area (Å²) < 4.78 is 5.47. The Balaban J connectivity index is 1.77. The van der Waals surface area contributed by atoms with Crippen LogP contribution in [-0.4, -0.2) is 22.8 Å². The molecule has 5 nitrogen and oxygen atoms in total. The molecule has 1 saturated heterocycles. The zero-order chi connectivity index (χ0) is 22.7. The summed E-state index contributed by atoms with van der Waals surface area (Å²) in [6.07, 6.45) is 1.68. The Morgan fingerprint density at radius 2 is 1.66 bits per heavy atom. The molecule has 0 aliphatic carbocycles. The lowest BCUT2D eigenvalue weighted by Gasteiger charge is -2.16. The van der Waals surface area contributed by atoms with Crippen molar-refractivity contribution in [3.8, 4) is 11.5 Å². The van der Waals surface area contributed by atoms with Crippen LogP contribution >= 0.6 is 11.8 Å². The summed E-state index contributed by atoms with van der Waals surface area (Å²) in [5, 5.41) is 11.1. The van der Waals surface area contributed by atoms with Crippen LogP contribution < -0.4 is 9.64 Å². The number of hydrogen-bond acceptors (Lipinski definition) is 5. The number of aliphatic imine (C=N–C) groups is 1. The number of benzene rings is 3. The molecule has 0 unspecified atom stereocenters. The second-order valence-electron chi connectivity index (χ2n) is 7.44. The predicted molar refractivity (Wildman–Crippen MR) is 132 cm³/mol. The number of phenols is 1. The summed E-state index contributed by atoms with van der Waals surface area (Å²) in [7, 11) is 0. The summed E-state index contributed by atoms with van der Waals surface area (Å²) in [6, 6.07) is 20.8. The Kier molecular flexibility index (Phi) is 6.32. The molecule has 0 atom stereocenters. The number of carbonyl (C=O) groups excluding carboxylic acids is 1. The van der Waals surface area contributed by atoms with Crippen molar-refractivity contribution in [3.63, 3.8) is 0 Å². The van der Waals surface area contributed by atoms with Gasteiger partial charge in [-0.25, -0.2) is 4.99 Å². The minimum atomic E-state index is -0.189. The van der Waals surface area contributed by atoms with Crippen LogP contribution in [0.5, 0.6) is 11.5 Å². The SMILES string of the molecule is CCOc1cccc(C=C2SC(=Nc3ccc(C)cc3)N(c3ccc(C)cc3)C2=O)c1O. The van der Waals surface area contributed by atoms with Gasteiger partial charge in [0.05, 0.1) is 22.9 Å². The molecule has 0 saturated carbocycles. The van der Waals surface area contributed by atoms with Crippen LogP contribution in [0.3, 0.4) is 0 Å². The lowest BCUT2D eigenvalue weighted by atomic mass is 10.1. The number of para-hydroxylation sites is 1. The molecule has 3 aromatic carbocycles. The molecule has 1 fully saturated rings. The highest BCUT2D eigenvalue weighted by Crippen LogP contribution is 2.39. The maximum atomic E-state index is 13.4. The molecule has 4 rings (SSSR count). The van der Waals surface area contributed by atoms with Crippen LogP contribution in [0.15, 0.2) is 76.6 Å². The number of thioether (sulfide) groups is 1. The molecule has 0 bridgehead atoms. The topological polar surface area (TPSA) is 62.1 Å². The quantitative estimate of drug-likeness (QED) is 0.475. The minimum absolute atomic E-state index is 0.0149. The first-order chi connectivity index (χ1) is 15.5. The van der Waals surface area contributed by atoms with Crippen molar-refractivity contribution in [2.45, 2.75) is 20.8 Å². The summed E-state index contributed by atoms with van der Waals surface area (Å²) in [5.41, 5.74) is 4.29. The third-order valence-corrected chi connectivity index (χ3v) is 5.94. The van der Waals surface area contributed by atoms with Gasteiger partial charge in [-0.05, 0) is 68.9 Å². The number of rotatable bonds is 5. The standard InChI is InChI=1S/C26H24N2O3S/c1-4-31-22-7-5-6-19(24(22)29)16-23-25(30)28(21-14-10-18(3)11-15-21)26(32-23)27-20-12-8-17(2)9-13-20/h5-16,29H,4H2,1-3H3. The summed E-state index contributed by atoms with van der Waals surface area (Å²) >= 11 is 1.28. The molecule has 1 amide bonds. The molecule has 1 aliphatic rings. The van der Waals surface area contributed by atoms with Crippen molar-refractivity contribution in [3.05, 3.63) is 88.3 Å². The van der Waals surface area contributed by atoms with E-state index in [0.717, 1.165) is 22.5 Å². The fourth-order valence-electron chi connectivity index (χ4n) is 3.27. The summed E-state index contributed by atoms with van der Waals surface area (Å²) in [6.45, 7) is 6.32. The maximum absolute atomic E-state index is 13.4. The predicted octanol–water partition coefficient (Wildman–Crippen LogP) is 6.22. The second kappa shape index (κ2) is 9.32. The molecular formula is C26H24N2O3S. The van der Waals surface area contributed by atoms with Crippen LogP contribution in [0.4, 0.5) is 11.4 Å². The number of hydrogen-bond donors (Lipinski definition) is 1. The van der Waals surface area contributed by atoms with E-state index in [-0.39, 0.29) is 11.7 Å². The normalized spacial score (nSPS) is 16.2. The third-order valence-electron chi connectivity index (χ3n) is 4.97. The van der Waals surface area contributed by atoms with Gasteiger partial charge < -0.3 is 9.84 Å². The van der Waals surface area contributed by atoms with E-state index in [2.05, 4.69) is 0 Å². The van der Waals surface area contributed by atoms with Gasteiger partial charge in [0.15, 0.2) is 16.7 Å². The highest BCUT2D eigenvalue weighted by atomic mass is 32.2. The van der Waals surface area contributed by atoms with Gasteiger partial charge in [-0.1, -0.05) is 47.5 Å². The molecule has 6 heteroatoms. The van der Waals surface area contributed by atoms with Gasteiger partial charge in [0.1, 0.15) is 0 Å². The minimum Gasteiger partial charge on any atom is -0.504 e. The molecule has 0 radical (unpaired) electrons. The van der Waals surface area contributed by atoms with Gasteiger partial charge in [0.25, 0.3) is 5.91 Å². The Bertz CT molecular complexity index is 1200. The van der Waals surface area contributed by atoms with Crippen LogP contribution in [0.2, 0.25) is 0 Å². The second-order valence-corrected chi connectivity index (χ2v) is 8.45. The number of amidine groups is 1. The molecule has 162 valence electrons. The van der Waals surface area contributed by atoms with E-state index in [4.69, 9.17) is 9.73 Å². The van der Waals surface area contributed by atoms with E-state index >= 15 is 0 Å². The first-order valence-electron chi connectivity index (χ1n) is 10.4. The van der Waals surface area contributed by atoms with E-state index < -0.39 is 0 Å². The molecule has 32 heavy (non-hydrogen) atoms. The van der Waals surface area contributed by atoms with E-state index in [1.165, 1.54) is 11.8 Å². The van der Waals surface area contributed by atoms with Crippen LogP contribution in [-0.2, 0) is 4.79 Å². The lowest BCUT2D eigenvalue weighted by Crippen LogP contribution is -2.28. The van der Waals surface area contributed by atoms with Gasteiger partial charge in [0, 0.05) is 5.56 Å². The molecule has 3 aromatic rings. The fraction of sp³-hybridized carbons (Fsp3) is 0.154. The number of phenolic OH excluding ortho intramolecular Hbond substituents is 1. The molecule has 1 aliphatic heterocycles. The van der Waals surface area contributed by atoms with Crippen molar-refractivity contribution in [2.75, 3.05) is 11.5 Å². The zero-order valence-corrected chi connectivity index (χ0v) is 19.0. The van der Waals surface area contributed by atoms with Crippen molar-refractivity contribution in [1.29, 1.82) is 0 Å². The van der Waals surface area contributed by atoms with Gasteiger partial charge in [-0.15, -0.1) is 0 Å². The first kappa shape index (κ1) is 21.7. The number of amides is 1. The van der Waals surface area contributed by atoms with Crippen molar-refractivity contribution in [2.24, 2.45) is 4.99 Å². The maximum Gasteiger partial charge on any atom is 0.271 e. The number of nitrogens with zero attached hydrogens (tertiary/aromatic N) is 2. The lowest BCUT2D eigenvalue weighted by molar-refractivity contribution is -0.113. The van der Waals surface area contributed by atoms with Crippen molar-refractivity contribution in [1.82, 2.24) is 0 Å². The van der Waals surface area contributed by atoms with E-state index in [1.54, 1.807) is 29.2 Å². The number of aromatic hydroxyl groups is 1. The highest BCUT2D eigenvalue weighted by Gasteiger charge is 2.35. The van der Waals surface area contributed by atoms with Crippen molar-refractivity contribution >= 4 is 40.3 Å². The Hall–Kier alpha value is -3.51. The number of carbonyl (C=O) groups is 1. The van der Waals surface area contributed by atoms with Crippen LogP contribution in [0.25, 0.3) is 6.08 Å². The largest absolute Gasteiger partial charge is 0.504 e. The average Bonchev–Trinajstić information content (AvgIpc) is 3.08. The Morgan fingerprint density at radius 3 is 2.31 bits per heavy atom. The van der Waals surface area contributed by atoms with Crippen LogP contribution in [0, 0.1) is 13.8 Å². The van der Waals surface area contributed by atoms with Gasteiger partial charge >= 0.3 is 0 Å². The number of aryl methyl sites for hydroxylation is 2. The number of ether oxygens (including phenoxy) is 1. The molecular weight excluding hydrogens is 420 g/mol. The van der Waals surface area contributed by atoms with E-state index in [9.17, 15) is 9.90 Å². The Labute approximate surface area is 192 Å². The molecule has 0 spiro atoms. The number of anilines is 1. The smallest absolute Gasteiger partial charge is 0.271 e. The summed E-state index contributed by atoms with van der Waals surface area (Å²) in [4.78, 5) is 20.2. The van der Waals surface area contributed by atoms with Gasteiger partial charge in [-0.3, -0.25) is 9.69 Å². The van der Waals surface area contributed by atoms with Gasteiger partial charge in [0.2, 0.25) is 0 Å². The highest BCUT2D eigenvalue weighted by molar-refractivity contribution is 8.19. The van der Waals surface area contributed by atoms with E-state index in [1.807, 2.05) is 69.3 Å². The monoisotopic (exact) mass is 444 g/mol. The van der Waals surface area contributed by atoms with Gasteiger partial charge in [-0.2, -0.15) is 0 Å². The average molecular weight is 445 g/mol. The zero-order valence-electron chi connectivity index (χ0n) is 18.2. The third kappa shape index (κ3) is 4.55.